The van der Waals surface area contributed by atoms with Gasteiger partial charge in [0.2, 0.25) is 0 Å². The van der Waals surface area contributed by atoms with Gasteiger partial charge in [-0.05, 0) is 23.8 Å². The van der Waals surface area contributed by atoms with E-state index in [1.54, 1.807) is 31.4 Å². The molecule has 0 atom stereocenters. The van der Waals surface area contributed by atoms with E-state index in [1.807, 2.05) is 0 Å². The van der Waals surface area contributed by atoms with Crippen LogP contribution < -0.4 is 4.74 Å². The summed E-state index contributed by atoms with van der Waals surface area (Å²) in [5, 5.41) is 16.0. The van der Waals surface area contributed by atoms with Crippen molar-refractivity contribution in [3.63, 3.8) is 0 Å². The first-order valence-corrected chi connectivity index (χ1v) is 4.90. The second-order valence-corrected chi connectivity index (χ2v) is 2.99. The average Bonchev–Trinajstić information content (AvgIpc) is 2.37. The molecule has 0 heterocycles. The van der Waals surface area contributed by atoms with Crippen LogP contribution in [0.4, 0.5) is 0 Å². The molecular formula is C13H14O5. The second kappa shape index (κ2) is 8.58. The zero-order valence-corrected chi connectivity index (χ0v) is 9.87. The summed E-state index contributed by atoms with van der Waals surface area (Å²) in [6.07, 6.45) is 3.46. The van der Waals surface area contributed by atoms with Crippen molar-refractivity contribution in [3.8, 4) is 5.75 Å². The lowest BCUT2D eigenvalue weighted by Crippen LogP contribution is -1.86. The topological polar surface area (TPSA) is 83.8 Å². The zero-order valence-electron chi connectivity index (χ0n) is 9.87. The summed E-state index contributed by atoms with van der Waals surface area (Å²) in [7, 11) is 1.59. The predicted octanol–water partition coefficient (Wildman–Crippen LogP) is 2.05. The van der Waals surface area contributed by atoms with Gasteiger partial charge in [0.1, 0.15) is 5.75 Å². The van der Waals surface area contributed by atoms with Gasteiger partial charge in [0, 0.05) is 12.2 Å². The average molecular weight is 250 g/mol. The third-order valence-corrected chi connectivity index (χ3v) is 1.71. The number of aliphatic carboxylic acids is 2. The van der Waals surface area contributed by atoms with Crippen molar-refractivity contribution < 1.29 is 24.5 Å². The molecule has 0 bridgehead atoms. The minimum atomic E-state index is -0.981. The number of carboxylic acids is 2. The minimum absolute atomic E-state index is 0.757. The second-order valence-electron chi connectivity index (χ2n) is 2.99. The zero-order chi connectivity index (χ0) is 14.0. The molecular weight excluding hydrogens is 236 g/mol. The Labute approximate surface area is 105 Å². The number of carbonyl (C=O) groups is 2. The van der Waals surface area contributed by atoms with E-state index in [2.05, 4.69) is 6.58 Å². The van der Waals surface area contributed by atoms with Crippen molar-refractivity contribution in [1.29, 1.82) is 0 Å². The third-order valence-electron chi connectivity index (χ3n) is 1.71. The van der Waals surface area contributed by atoms with Crippen LogP contribution in [-0.4, -0.2) is 29.3 Å². The highest BCUT2D eigenvalue weighted by Crippen LogP contribution is 2.11. The van der Waals surface area contributed by atoms with Gasteiger partial charge in [0.05, 0.1) is 7.11 Å². The van der Waals surface area contributed by atoms with Gasteiger partial charge in [-0.15, -0.1) is 0 Å². The molecule has 0 saturated carbocycles. The van der Waals surface area contributed by atoms with Gasteiger partial charge in [0.15, 0.2) is 0 Å². The molecule has 0 fully saturated rings. The van der Waals surface area contributed by atoms with Crippen molar-refractivity contribution >= 4 is 18.0 Å². The fourth-order valence-corrected chi connectivity index (χ4v) is 0.883. The largest absolute Gasteiger partial charge is 0.497 e. The molecule has 0 saturated heterocycles. The Bertz CT molecular complexity index is 431. The van der Waals surface area contributed by atoms with E-state index >= 15 is 0 Å². The molecule has 0 amide bonds. The fourth-order valence-electron chi connectivity index (χ4n) is 0.883. The molecule has 1 aromatic carbocycles. The van der Waals surface area contributed by atoms with Gasteiger partial charge in [-0.25, -0.2) is 9.59 Å². The lowest BCUT2D eigenvalue weighted by Gasteiger charge is -1.98. The summed E-state index contributed by atoms with van der Waals surface area (Å²) in [6.45, 7) is 2.96. The molecule has 1 rings (SSSR count). The van der Waals surface area contributed by atoms with Crippen LogP contribution >= 0.6 is 0 Å². The van der Waals surface area contributed by atoms with Crippen LogP contribution in [0.3, 0.4) is 0 Å². The number of hydrogen-bond donors (Lipinski definition) is 2. The highest BCUT2D eigenvalue weighted by atomic mass is 16.5. The Kier molecular flexibility index (Phi) is 7.36. The van der Waals surface area contributed by atoms with Gasteiger partial charge < -0.3 is 14.9 Å². The summed E-state index contributed by atoms with van der Waals surface area (Å²) in [5.74, 6) is -1.17. The van der Waals surface area contributed by atoms with E-state index in [9.17, 15) is 9.59 Å². The molecule has 18 heavy (non-hydrogen) atoms. The lowest BCUT2D eigenvalue weighted by molar-refractivity contribution is -0.132. The first-order chi connectivity index (χ1) is 8.49. The van der Waals surface area contributed by atoms with Crippen molar-refractivity contribution in [2.45, 2.75) is 0 Å². The summed E-state index contributed by atoms with van der Waals surface area (Å²) >= 11 is 0. The third kappa shape index (κ3) is 7.70. The molecule has 0 spiro atoms. The number of ether oxygens (including phenoxy) is 1. The van der Waals surface area contributed by atoms with E-state index in [0.717, 1.165) is 23.5 Å². The maximum atomic E-state index is 10.2. The highest BCUT2D eigenvalue weighted by molar-refractivity contribution is 5.85. The molecule has 96 valence electrons. The number of hydrogen-bond acceptors (Lipinski definition) is 3. The van der Waals surface area contributed by atoms with Crippen molar-refractivity contribution in [2.24, 2.45) is 0 Å². The van der Waals surface area contributed by atoms with Gasteiger partial charge in [-0.2, -0.15) is 0 Å². The van der Waals surface area contributed by atoms with E-state index in [0.29, 0.717) is 0 Å². The van der Waals surface area contributed by atoms with E-state index in [4.69, 9.17) is 14.9 Å². The van der Waals surface area contributed by atoms with E-state index < -0.39 is 11.9 Å². The quantitative estimate of drug-likeness (QED) is 0.799. The van der Waals surface area contributed by atoms with Crippen LogP contribution in [0, 0.1) is 0 Å². The highest BCUT2D eigenvalue weighted by Gasteiger charge is 1.91. The SMILES string of the molecule is C=CC(=O)O.COc1ccc(C=CC(=O)O)cc1. The molecule has 0 radical (unpaired) electrons. The number of rotatable bonds is 4. The van der Waals surface area contributed by atoms with Gasteiger partial charge in [-0.1, -0.05) is 18.7 Å². The molecule has 0 aromatic heterocycles. The van der Waals surface area contributed by atoms with Crippen LogP contribution in [0.15, 0.2) is 43.0 Å². The summed E-state index contributed by atoms with van der Waals surface area (Å²) in [4.78, 5) is 19.4. The maximum Gasteiger partial charge on any atom is 0.328 e. The van der Waals surface area contributed by atoms with Crippen LogP contribution in [0.2, 0.25) is 0 Å². The molecule has 2 N–H and O–H groups in total. The molecule has 0 aliphatic heterocycles. The van der Waals surface area contributed by atoms with Crippen molar-refractivity contribution in [2.75, 3.05) is 7.11 Å². The summed E-state index contributed by atoms with van der Waals surface area (Å²) in [6, 6.07) is 7.14. The molecule has 5 nitrogen and oxygen atoms in total. The Hall–Kier alpha value is -2.56. The van der Waals surface area contributed by atoms with Crippen LogP contribution in [-0.2, 0) is 9.59 Å². The fraction of sp³-hybridized carbons (Fsp3) is 0.0769. The van der Waals surface area contributed by atoms with Gasteiger partial charge in [0.25, 0.3) is 0 Å². The van der Waals surface area contributed by atoms with Crippen LogP contribution in [0.5, 0.6) is 5.75 Å². The van der Waals surface area contributed by atoms with Gasteiger partial charge in [-0.3, -0.25) is 0 Å². The smallest absolute Gasteiger partial charge is 0.328 e. The minimum Gasteiger partial charge on any atom is -0.497 e. The normalized spacial score (nSPS) is 9.17. The summed E-state index contributed by atoms with van der Waals surface area (Å²) in [5.41, 5.74) is 0.836. The Morgan fingerprint density at radius 1 is 1.17 bits per heavy atom. The molecule has 0 aliphatic carbocycles. The lowest BCUT2D eigenvalue weighted by atomic mass is 10.2. The number of carboxylic acid groups (broad SMARTS) is 2. The monoisotopic (exact) mass is 250 g/mol. The van der Waals surface area contributed by atoms with Crippen molar-refractivity contribution in [3.05, 3.63) is 48.6 Å². The van der Waals surface area contributed by atoms with Crippen LogP contribution in [0.25, 0.3) is 6.08 Å². The van der Waals surface area contributed by atoms with E-state index in [-0.39, 0.29) is 0 Å². The Morgan fingerprint density at radius 3 is 2.00 bits per heavy atom. The predicted molar refractivity (Wildman–Crippen MR) is 67.5 cm³/mol. The Balaban J connectivity index is 0.000000494. The standard InChI is InChI=1S/C10H10O3.C3H4O2/c1-13-9-5-2-8(3-6-9)4-7-10(11)12;1-2-3(4)5/h2-7H,1H3,(H,11,12);2H,1H2,(H,4,5). The first kappa shape index (κ1) is 15.4. The molecule has 5 heteroatoms. The Morgan fingerprint density at radius 2 is 1.67 bits per heavy atom. The molecule has 1 aromatic rings. The number of benzene rings is 1. The van der Waals surface area contributed by atoms with Crippen LogP contribution in [0.1, 0.15) is 5.56 Å². The van der Waals surface area contributed by atoms with Gasteiger partial charge >= 0.3 is 11.9 Å². The first-order valence-electron chi connectivity index (χ1n) is 4.90. The van der Waals surface area contributed by atoms with E-state index in [1.165, 1.54) is 6.08 Å². The molecule has 0 unspecified atom stereocenters. The maximum absolute atomic E-state index is 10.2. The summed E-state index contributed by atoms with van der Waals surface area (Å²) < 4.78 is 4.95. The van der Waals surface area contributed by atoms with Crippen molar-refractivity contribution in [1.82, 2.24) is 0 Å². The number of methoxy groups -OCH3 is 1. The molecule has 0 aliphatic rings.